The molecule has 3 amide bonds. The number of ether oxygens (including phenoxy) is 2. The summed E-state index contributed by atoms with van der Waals surface area (Å²) in [6.45, 7) is -0.553. The first-order valence-corrected chi connectivity index (χ1v) is 10.2. The van der Waals surface area contributed by atoms with Crippen LogP contribution in [0, 0.1) is 5.92 Å². The van der Waals surface area contributed by atoms with Crippen LogP contribution >= 0.6 is 11.6 Å². The maximum atomic E-state index is 12.3. The number of carbonyl (C=O) groups excluding carboxylic acids is 5. The van der Waals surface area contributed by atoms with Crippen molar-refractivity contribution in [1.82, 2.24) is 10.9 Å². The minimum absolute atomic E-state index is 0.0736. The van der Waals surface area contributed by atoms with E-state index in [1.54, 1.807) is 12.1 Å². The highest BCUT2D eigenvalue weighted by molar-refractivity contribution is 6.30. The number of rotatable bonds is 6. The molecular formula is C22H20ClN3O7. The van der Waals surface area contributed by atoms with Crippen LogP contribution in [0.1, 0.15) is 27.1 Å². The van der Waals surface area contributed by atoms with Gasteiger partial charge in [-0.1, -0.05) is 11.6 Å². The number of nitrogens with one attached hydrogen (secondary N) is 2. The van der Waals surface area contributed by atoms with Gasteiger partial charge in [0, 0.05) is 29.2 Å². The molecule has 3 rings (SSSR count). The van der Waals surface area contributed by atoms with Crippen LogP contribution in [-0.4, -0.2) is 49.9 Å². The van der Waals surface area contributed by atoms with Crippen molar-refractivity contribution in [2.75, 3.05) is 25.2 Å². The molecule has 2 aromatic rings. The Kier molecular flexibility index (Phi) is 7.62. The number of hydrogen-bond acceptors (Lipinski definition) is 7. The number of hydrazine groups is 1. The summed E-state index contributed by atoms with van der Waals surface area (Å²) < 4.78 is 9.61. The van der Waals surface area contributed by atoms with Gasteiger partial charge in [-0.05, 0) is 48.5 Å². The molecule has 11 heteroatoms. The highest BCUT2D eigenvalue weighted by Crippen LogP contribution is 2.26. The van der Waals surface area contributed by atoms with E-state index in [2.05, 4.69) is 15.6 Å². The number of anilines is 1. The van der Waals surface area contributed by atoms with Crippen LogP contribution in [0.3, 0.4) is 0 Å². The van der Waals surface area contributed by atoms with E-state index < -0.39 is 36.3 Å². The fourth-order valence-electron chi connectivity index (χ4n) is 3.10. The molecule has 0 radical (unpaired) electrons. The van der Waals surface area contributed by atoms with Crippen LogP contribution in [0.5, 0.6) is 0 Å². The van der Waals surface area contributed by atoms with Gasteiger partial charge in [0.2, 0.25) is 5.91 Å². The average molecular weight is 474 g/mol. The van der Waals surface area contributed by atoms with E-state index in [1.807, 2.05) is 0 Å². The van der Waals surface area contributed by atoms with E-state index >= 15 is 0 Å². The minimum Gasteiger partial charge on any atom is -0.465 e. The lowest BCUT2D eigenvalue weighted by Crippen LogP contribution is -2.43. The molecule has 1 atom stereocenters. The number of esters is 2. The third-order valence-electron chi connectivity index (χ3n) is 4.83. The van der Waals surface area contributed by atoms with E-state index in [4.69, 9.17) is 16.3 Å². The highest BCUT2D eigenvalue weighted by atomic mass is 35.5. The summed E-state index contributed by atoms with van der Waals surface area (Å²) in [5.41, 5.74) is 5.47. The second-order valence-electron chi connectivity index (χ2n) is 7.06. The summed E-state index contributed by atoms with van der Waals surface area (Å²) in [6, 6.07) is 12.2. The van der Waals surface area contributed by atoms with Crippen molar-refractivity contribution in [3.05, 3.63) is 64.7 Å². The molecule has 0 spiro atoms. The first-order valence-electron chi connectivity index (χ1n) is 9.78. The minimum atomic E-state index is -0.755. The van der Waals surface area contributed by atoms with Gasteiger partial charge in [0.15, 0.2) is 6.61 Å². The van der Waals surface area contributed by atoms with Gasteiger partial charge in [-0.25, -0.2) is 4.79 Å². The van der Waals surface area contributed by atoms with Gasteiger partial charge in [-0.3, -0.25) is 30.0 Å². The molecule has 1 aliphatic heterocycles. The third kappa shape index (κ3) is 6.07. The standard InChI is InChI=1S/C22H20ClN3O7/c1-32-21(30)14-4-8-17(9-5-14)26-11-15(10-19(26)28)22(31)33-12-18(27)24-25-20(29)13-2-6-16(23)7-3-13/h2-9,15H,10-12H2,1H3,(H,24,27)(H,25,29)/t15-/m0/s1. The van der Waals surface area contributed by atoms with Crippen molar-refractivity contribution >= 4 is 46.9 Å². The predicted octanol–water partition coefficient (Wildman–Crippen LogP) is 1.48. The fourth-order valence-corrected chi connectivity index (χ4v) is 3.23. The summed E-state index contributed by atoms with van der Waals surface area (Å²) >= 11 is 5.75. The summed E-state index contributed by atoms with van der Waals surface area (Å²) in [5.74, 6) is -3.57. The maximum Gasteiger partial charge on any atom is 0.337 e. The van der Waals surface area contributed by atoms with Crippen LogP contribution in [0.15, 0.2) is 48.5 Å². The molecule has 0 bridgehead atoms. The number of benzene rings is 2. The van der Waals surface area contributed by atoms with E-state index in [1.165, 1.54) is 48.4 Å². The van der Waals surface area contributed by atoms with E-state index in [0.717, 1.165) is 0 Å². The van der Waals surface area contributed by atoms with Gasteiger partial charge in [-0.2, -0.15) is 0 Å². The van der Waals surface area contributed by atoms with Gasteiger partial charge < -0.3 is 14.4 Å². The van der Waals surface area contributed by atoms with E-state index in [-0.39, 0.29) is 24.4 Å². The Bertz CT molecular complexity index is 1070. The predicted molar refractivity (Wildman–Crippen MR) is 116 cm³/mol. The Morgan fingerprint density at radius 3 is 2.27 bits per heavy atom. The number of hydrogen-bond donors (Lipinski definition) is 2. The van der Waals surface area contributed by atoms with Gasteiger partial charge in [0.25, 0.3) is 11.8 Å². The molecule has 1 heterocycles. The van der Waals surface area contributed by atoms with Crippen molar-refractivity contribution in [3.8, 4) is 0 Å². The normalized spacial score (nSPS) is 15.0. The Labute approximate surface area is 193 Å². The molecule has 0 unspecified atom stereocenters. The zero-order chi connectivity index (χ0) is 24.0. The smallest absolute Gasteiger partial charge is 0.337 e. The van der Waals surface area contributed by atoms with Crippen LogP contribution < -0.4 is 15.8 Å². The van der Waals surface area contributed by atoms with Crippen LogP contribution in [-0.2, 0) is 23.9 Å². The number of nitrogens with zero attached hydrogens (tertiary/aromatic N) is 1. The van der Waals surface area contributed by atoms with Gasteiger partial charge in [0.1, 0.15) is 0 Å². The lowest BCUT2D eigenvalue weighted by Gasteiger charge is -2.16. The topological polar surface area (TPSA) is 131 Å². The number of carbonyl (C=O) groups is 5. The molecule has 0 aromatic heterocycles. The van der Waals surface area contributed by atoms with Crippen molar-refractivity contribution in [1.29, 1.82) is 0 Å². The SMILES string of the molecule is COC(=O)c1ccc(N2C[C@@H](C(=O)OCC(=O)NNC(=O)c3ccc(Cl)cc3)CC2=O)cc1. The lowest BCUT2D eigenvalue weighted by molar-refractivity contribution is -0.152. The number of halogens is 1. The van der Waals surface area contributed by atoms with Crippen molar-refractivity contribution in [3.63, 3.8) is 0 Å². The largest absolute Gasteiger partial charge is 0.465 e. The number of methoxy groups -OCH3 is 1. The van der Waals surface area contributed by atoms with Crippen LogP contribution in [0.25, 0.3) is 0 Å². The fraction of sp³-hybridized carbons (Fsp3) is 0.227. The van der Waals surface area contributed by atoms with Crippen molar-refractivity contribution in [2.24, 2.45) is 5.92 Å². The van der Waals surface area contributed by atoms with E-state index in [9.17, 15) is 24.0 Å². The summed E-state index contributed by atoms with van der Waals surface area (Å²) in [4.78, 5) is 61.4. The molecule has 0 saturated carbocycles. The Hall–Kier alpha value is -3.92. The van der Waals surface area contributed by atoms with Crippen molar-refractivity contribution in [2.45, 2.75) is 6.42 Å². The van der Waals surface area contributed by atoms with Crippen LogP contribution in [0.4, 0.5) is 5.69 Å². The Morgan fingerprint density at radius 1 is 1.00 bits per heavy atom. The Morgan fingerprint density at radius 2 is 1.64 bits per heavy atom. The number of amides is 3. The first-order chi connectivity index (χ1) is 15.8. The zero-order valence-electron chi connectivity index (χ0n) is 17.5. The Balaban J connectivity index is 1.46. The molecule has 1 aliphatic rings. The molecule has 1 saturated heterocycles. The van der Waals surface area contributed by atoms with Crippen LogP contribution in [0.2, 0.25) is 5.02 Å². The van der Waals surface area contributed by atoms with Crippen molar-refractivity contribution < 1.29 is 33.4 Å². The molecule has 2 aromatic carbocycles. The molecule has 1 fully saturated rings. The lowest BCUT2D eigenvalue weighted by atomic mass is 10.1. The highest BCUT2D eigenvalue weighted by Gasteiger charge is 2.36. The van der Waals surface area contributed by atoms with Gasteiger partial charge >= 0.3 is 11.9 Å². The molecular weight excluding hydrogens is 454 g/mol. The van der Waals surface area contributed by atoms with Gasteiger partial charge in [0.05, 0.1) is 18.6 Å². The van der Waals surface area contributed by atoms with Gasteiger partial charge in [-0.15, -0.1) is 0 Å². The zero-order valence-corrected chi connectivity index (χ0v) is 18.3. The molecule has 2 N–H and O–H groups in total. The average Bonchev–Trinajstić information content (AvgIpc) is 3.22. The first kappa shape index (κ1) is 23.7. The molecule has 172 valence electrons. The summed E-state index contributed by atoms with van der Waals surface area (Å²) in [7, 11) is 1.27. The second kappa shape index (κ2) is 10.6. The van der Waals surface area contributed by atoms with E-state index in [0.29, 0.717) is 16.3 Å². The maximum absolute atomic E-state index is 12.3. The molecule has 0 aliphatic carbocycles. The second-order valence-corrected chi connectivity index (χ2v) is 7.50. The quantitative estimate of drug-likeness (QED) is 0.480. The third-order valence-corrected chi connectivity index (χ3v) is 5.08. The summed E-state index contributed by atoms with van der Waals surface area (Å²) in [5, 5.41) is 0.463. The monoisotopic (exact) mass is 473 g/mol. The molecule has 10 nitrogen and oxygen atoms in total. The summed E-state index contributed by atoms with van der Waals surface area (Å²) in [6.07, 6.45) is -0.0769. The molecule has 33 heavy (non-hydrogen) atoms.